The van der Waals surface area contributed by atoms with E-state index >= 15 is 0 Å². The standard InChI is InChI=1S/C16H27N3O/c1-11(2)19(12(3)4)9-8-18-14-6-7-15(13(5)20)16(17)10-14/h6-7,10-12,18H,8-9,17H2,1-5H3. The summed E-state index contributed by atoms with van der Waals surface area (Å²) in [4.78, 5) is 13.8. The molecule has 20 heavy (non-hydrogen) atoms. The molecule has 1 aromatic rings. The van der Waals surface area contributed by atoms with Crippen LogP contribution in [-0.2, 0) is 0 Å². The molecule has 0 aromatic heterocycles. The molecule has 4 heteroatoms. The third kappa shape index (κ3) is 4.53. The SMILES string of the molecule is CC(=O)c1ccc(NCCN(C(C)C)C(C)C)cc1N. The molecule has 0 aliphatic carbocycles. The lowest BCUT2D eigenvalue weighted by Crippen LogP contribution is -2.40. The van der Waals surface area contributed by atoms with Gasteiger partial charge < -0.3 is 11.1 Å². The van der Waals surface area contributed by atoms with Crippen molar-refractivity contribution in [1.82, 2.24) is 4.90 Å². The number of nitrogen functional groups attached to an aromatic ring is 1. The van der Waals surface area contributed by atoms with Crippen LogP contribution in [0.1, 0.15) is 45.0 Å². The van der Waals surface area contributed by atoms with E-state index < -0.39 is 0 Å². The van der Waals surface area contributed by atoms with Crippen LogP contribution in [-0.4, -0.2) is 35.9 Å². The summed E-state index contributed by atoms with van der Waals surface area (Å²) in [5.74, 6) is -0.000148. The molecule has 3 N–H and O–H groups in total. The first-order valence-electron chi connectivity index (χ1n) is 7.23. The van der Waals surface area contributed by atoms with Crippen LogP contribution in [0, 0.1) is 0 Å². The molecule has 0 aliphatic rings. The molecule has 0 amide bonds. The molecular weight excluding hydrogens is 250 g/mol. The van der Waals surface area contributed by atoms with Gasteiger partial charge in [0.2, 0.25) is 0 Å². The maximum atomic E-state index is 11.3. The largest absolute Gasteiger partial charge is 0.398 e. The number of hydrogen-bond acceptors (Lipinski definition) is 4. The fourth-order valence-corrected chi connectivity index (χ4v) is 2.44. The Bertz CT molecular complexity index is 447. The predicted octanol–water partition coefficient (Wildman–Crippen LogP) is 3.00. The molecule has 0 unspecified atom stereocenters. The van der Waals surface area contributed by atoms with E-state index in [0.717, 1.165) is 18.8 Å². The van der Waals surface area contributed by atoms with Gasteiger partial charge in [-0.15, -0.1) is 0 Å². The van der Waals surface area contributed by atoms with E-state index in [1.54, 1.807) is 6.07 Å². The first-order chi connectivity index (χ1) is 9.32. The van der Waals surface area contributed by atoms with Crippen molar-refractivity contribution in [2.45, 2.75) is 46.7 Å². The van der Waals surface area contributed by atoms with Crippen LogP contribution < -0.4 is 11.1 Å². The zero-order valence-corrected chi connectivity index (χ0v) is 13.2. The Balaban J connectivity index is 2.58. The molecule has 0 aliphatic heterocycles. The zero-order chi connectivity index (χ0) is 15.3. The molecule has 4 nitrogen and oxygen atoms in total. The summed E-state index contributed by atoms with van der Waals surface area (Å²) in [6, 6.07) is 6.57. The summed E-state index contributed by atoms with van der Waals surface area (Å²) in [7, 11) is 0. The van der Waals surface area contributed by atoms with Crippen molar-refractivity contribution in [3.8, 4) is 0 Å². The number of carbonyl (C=O) groups is 1. The van der Waals surface area contributed by atoms with E-state index in [1.165, 1.54) is 6.92 Å². The average Bonchev–Trinajstić information content (AvgIpc) is 2.33. The second-order valence-electron chi connectivity index (χ2n) is 5.71. The number of anilines is 2. The maximum absolute atomic E-state index is 11.3. The number of Topliss-reactive ketones (excluding diaryl/α,β-unsaturated/α-hetero) is 1. The van der Waals surface area contributed by atoms with Gasteiger partial charge in [0.25, 0.3) is 0 Å². The smallest absolute Gasteiger partial charge is 0.161 e. The topological polar surface area (TPSA) is 58.4 Å². The quantitative estimate of drug-likeness (QED) is 0.594. The highest BCUT2D eigenvalue weighted by Gasteiger charge is 2.12. The number of rotatable bonds is 7. The Hall–Kier alpha value is -1.55. The number of benzene rings is 1. The van der Waals surface area contributed by atoms with Gasteiger partial charge in [-0.3, -0.25) is 9.69 Å². The van der Waals surface area contributed by atoms with Gasteiger partial charge >= 0.3 is 0 Å². The fourth-order valence-electron chi connectivity index (χ4n) is 2.44. The van der Waals surface area contributed by atoms with Gasteiger partial charge in [0.15, 0.2) is 5.78 Å². The highest BCUT2D eigenvalue weighted by molar-refractivity contribution is 5.99. The minimum Gasteiger partial charge on any atom is -0.398 e. The summed E-state index contributed by atoms with van der Waals surface area (Å²) < 4.78 is 0. The Labute approximate surface area is 122 Å². The lowest BCUT2D eigenvalue weighted by atomic mass is 10.1. The summed E-state index contributed by atoms with van der Waals surface area (Å²) in [5.41, 5.74) is 7.96. The van der Waals surface area contributed by atoms with Crippen LogP contribution in [0.25, 0.3) is 0 Å². The van der Waals surface area contributed by atoms with E-state index in [4.69, 9.17) is 5.73 Å². The minimum absolute atomic E-state index is 0.000148. The highest BCUT2D eigenvalue weighted by atomic mass is 16.1. The monoisotopic (exact) mass is 277 g/mol. The first-order valence-corrected chi connectivity index (χ1v) is 7.23. The van der Waals surface area contributed by atoms with Crippen LogP contribution in [0.2, 0.25) is 0 Å². The van der Waals surface area contributed by atoms with Crippen molar-refractivity contribution < 1.29 is 4.79 Å². The van der Waals surface area contributed by atoms with E-state index in [1.807, 2.05) is 12.1 Å². The van der Waals surface area contributed by atoms with Gasteiger partial charge in [-0.1, -0.05) is 0 Å². The first kappa shape index (κ1) is 16.5. The van der Waals surface area contributed by atoms with E-state index in [-0.39, 0.29) is 5.78 Å². The van der Waals surface area contributed by atoms with Crippen LogP contribution >= 0.6 is 0 Å². The van der Waals surface area contributed by atoms with Crippen molar-refractivity contribution >= 4 is 17.2 Å². The Morgan fingerprint density at radius 1 is 1.25 bits per heavy atom. The Morgan fingerprint density at radius 2 is 1.85 bits per heavy atom. The lowest BCUT2D eigenvalue weighted by Gasteiger charge is -2.30. The third-order valence-corrected chi connectivity index (χ3v) is 3.46. The Morgan fingerprint density at radius 3 is 2.30 bits per heavy atom. The summed E-state index contributed by atoms with van der Waals surface area (Å²) in [6.45, 7) is 12.2. The number of nitrogens with one attached hydrogen (secondary N) is 1. The Kier molecular flexibility index (Phi) is 6.02. The second kappa shape index (κ2) is 7.29. The maximum Gasteiger partial charge on any atom is 0.161 e. The summed E-state index contributed by atoms with van der Waals surface area (Å²) in [6.07, 6.45) is 0. The van der Waals surface area contributed by atoms with Crippen molar-refractivity contribution in [2.75, 3.05) is 24.1 Å². The molecule has 0 atom stereocenters. The molecule has 0 fully saturated rings. The molecule has 1 rings (SSSR count). The highest BCUT2D eigenvalue weighted by Crippen LogP contribution is 2.18. The van der Waals surface area contributed by atoms with Crippen molar-refractivity contribution in [2.24, 2.45) is 0 Å². The van der Waals surface area contributed by atoms with Crippen LogP contribution in [0.5, 0.6) is 0 Å². The molecule has 0 spiro atoms. The third-order valence-electron chi connectivity index (χ3n) is 3.46. The van der Waals surface area contributed by atoms with Crippen LogP contribution in [0.4, 0.5) is 11.4 Å². The predicted molar refractivity (Wildman–Crippen MR) is 86.3 cm³/mol. The number of hydrogen-bond donors (Lipinski definition) is 2. The minimum atomic E-state index is -0.000148. The van der Waals surface area contributed by atoms with Gasteiger partial charge in [0, 0.05) is 42.1 Å². The summed E-state index contributed by atoms with van der Waals surface area (Å²) in [5, 5.41) is 3.36. The molecule has 0 bridgehead atoms. The van der Waals surface area contributed by atoms with Gasteiger partial charge in [0.05, 0.1) is 0 Å². The number of nitrogens with zero attached hydrogens (tertiary/aromatic N) is 1. The molecule has 1 aromatic carbocycles. The van der Waals surface area contributed by atoms with Crippen molar-refractivity contribution in [3.63, 3.8) is 0 Å². The molecular formula is C16H27N3O. The number of nitrogens with two attached hydrogens (primary N) is 1. The van der Waals surface area contributed by atoms with Crippen molar-refractivity contribution in [1.29, 1.82) is 0 Å². The number of carbonyl (C=O) groups excluding carboxylic acids is 1. The molecule has 0 radical (unpaired) electrons. The molecule has 0 saturated heterocycles. The van der Waals surface area contributed by atoms with Crippen LogP contribution in [0.15, 0.2) is 18.2 Å². The van der Waals surface area contributed by atoms with E-state index in [0.29, 0.717) is 23.3 Å². The van der Waals surface area contributed by atoms with Gasteiger partial charge in [-0.05, 0) is 52.8 Å². The average molecular weight is 277 g/mol. The van der Waals surface area contributed by atoms with Crippen LogP contribution in [0.3, 0.4) is 0 Å². The second-order valence-corrected chi connectivity index (χ2v) is 5.71. The zero-order valence-electron chi connectivity index (χ0n) is 13.2. The van der Waals surface area contributed by atoms with E-state index in [9.17, 15) is 4.79 Å². The van der Waals surface area contributed by atoms with E-state index in [2.05, 4.69) is 37.9 Å². The molecule has 112 valence electrons. The fraction of sp³-hybridized carbons (Fsp3) is 0.562. The lowest BCUT2D eigenvalue weighted by molar-refractivity contribution is 0.101. The van der Waals surface area contributed by atoms with Crippen molar-refractivity contribution in [3.05, 3.63) is 23.8 Å². The van der Waals surface area contributed by atoms with Gasteiger partial charge in [-0.2, -0.15) is 0 Å². The number of ketones is 1. The molecule has 0 heterocycles. The molecule has 0 saturated carbocycles. The van der Waals surface area contributed by atoms with Gasteiger partial charge in [-0.25, -0.2) is 0 Å². The summed E-state index contributed by atoms with van der Waals surface area (Å²) >= 11 is 0. The van der Waals surface area contributed by atoms with Gasteiger partial charge in [0.1, 0.15) is 0 Å². The normalized spacial score (nSPS) is 11.4.